The van der Waals surface area contributed by atoms with Gasteiger partial charge in [-0.25, -0.2) is 0 Å². The number of carbonyl (C=O) groups is 2. The minimum absolute atomic E-state index is 0.141. The molecule has 0 spiro atoms. The molecule has 1 N–H and O–H groups in total. The number of azo groups is 1. The summed E-state index contributed by atoms with van der Waals surface area (Å²) in [6, 6.07) is 21.9. The third kappa shape index (κ3) is 2.99. The van der Waals surface area contributed by atoms with Crippen LogP contribution in [0.1, 0.15) is 39.0 Å². The van der Waals surface area contributed by atoms with Gasteiger partial charge >= 0.3 is 0 Å². The molecule has 6 heteroatoms. The van der Waals surface area contributed by atoms with Crippen molar-refractivity contribution < 1.29 is 14.3 Å². The Morgan fingerprint density at radius 2 is 1.45 bits per heavy atom. The Bertz CT molecular complexity index is 1110. The zero-order chi connectivity index (χ0) is 19.8. The smallest absolute Gasteiger partial charge is 0.295 e. The van der Waals surface area contributed by atoms with Crippen molar-refractivity contribution >= 4 is 11.8 Å². The maximum Gasteiger partial charge on any atom is 0.295 e. The lowest BCUT2D eigenvalue weighted by molar-refractivity contribution is -0.121. The second-order valence-corrected chi connectivity index (χ2v) is 6.98. The lowest BCUT2D eigenvalue weighted by atomic mass is 9.87. The van der Waals surface area contributed by atoms with Gasteiger partial charge in [0.25, 0.3) is 5.91 Å². The van der Waals surface area contributed by atoms with Gasteiger partial charge in [-0.1, -0.05) is 54.6 Å². The number of benzene rings is 3. The van der Waals surface area contributed by atoms with E-state index in [2.05, 4.69) is 15.5 Å². The number of carbonyl (C=O) groups excluding carboxylic acids is 2. The molecule has 0 bridgehead atoms. The molecule has 2 amide bonds. The maximum atomic E-state index is 13.2. The number of amides is 2. The summed E-state index contributed by atoms with van der Waals surface area (Å²) in [5.74, 6) is 0.390. The van der Waals surface area contributed by atoms with Gasteiger partial charge in [0.1, 0.15) is 17.5 Å². The molecule has 0 saturated heterocycles. The van der Waals surface area contributed by atoms with Crippen LogP contribution in [-0.2, 0) is 4.79 Å². The van der Waals surface area contributed by atoms with Crippen LogP contribution in [0.4, 0.5) is 0 Å². The van der Waals surface area contributed by atoms with Gasteiger partial charge in [0.15, 0.2) is 0 Å². The first-order chi connectivity index (χ1) is 14.2. The molecule has 29 heavy (non-hydrogen) atoms. The van der Waals surface area contributed by atoms with Crippen molar-refractivity contribution in [3.63, 3.8) is 0 Å². The number of rotatable bonds is 3. The number of hydrogen-bond acceptors (Lipinski definition) is 4. The first-order valence-electron chi connectivity index (χ1n) is 9.40. The monoisotopic (exact) mass is 383 g/mol. The highest BCUT2D eigenvalue weighted by Gasteiger charge is 2.33. The van der Waals surface area contributed by atoms with Gasteiger partial charge < -0.3 is 10.1 Å². The first-order valence-corrected chi connectivity index (χ1v) is 9.40. The van der Waals surface area contributed by atoms with Gasteiger partial charge in [-0.2, -0.15) is 5.11 Å². The van der Waals surface area contributed by atoms with Crippen molar-refractivity contribution in [3.05, 3.63) is 95.1 Å². The molecule has 3 aromatic carbocycles. The number of hydrogen-bond donors (Lipinski definition) is 1. The van der Waals surface area contributed by atoms with Crippen molar-refractivity contribution in [2.45, 2.75) is 12.0 Å². The molecule has 0 aliphatic carbocycles. The molecule has 1 atom stereocenters. The number of fused-ring (bicyclic) bond motifs is 3. The average Bonchev–Trinajstić information content (AvgIpc) is 2.77. The van der Waals surface area contributed by atoms with Gasteiger partial charge in [0.05, 0.1) is 5.92 Å². The Kier molecular flexibility index (Phi) is 4.17. The molecule has 0 saturated carbocycles. The van der Waals surface area contributed by atoms with Crippen molar-refractivity contribution in [3.8, 4) is 11.5 Å². The van der Waals surface area contributed by atoms with E-state index in [1.54, 1.807) is 12.1 Å². The van der Waals surface area contributed by atoms with E-state index >= 15 is 0 Å². The highest BCUT2D eigenvalue weighted by molar-refractivity contribution is 5.97. The summed E-state index contributed by atoms with van der Waals surface area (Å²) >= 11 is 0. The Labute approximate surface area is 167 Å². The molecule has 6 nitrogen and oxygen atoms in total. The summed E-state index contributed by atoms with van der Waals surface area (Å²) in [5.41, 5.74) is 2.96. The topological polar surface area (TPSA) is 80.1 Å². The van der Waals surface area contributed by atoms with Crippen molar-refractivity contribution in [1.82, 2.24) is 5.32 Å². The normalized spacial score (nSPS) is 17.0. The third-order valence-electron chi connectivity index (χ3n) is 5.25. The highest BCUT2D eigenvalue weighted by atomic mass is 16.5. The van der Waals surface area contributed by atoms with E-state index in [0.717, 1.165) is 16.7 Å². The Hall–Kier alpha value is -3.80. The van der Waals surface area contributed by atoms with E-state index in [1.165, 1.54) is 0 Å². The summed E-state index contributed by atoms with van der Waals surface area (Å²) in [6.45, 7) is 0.258. The fourth-order valence-corrected chi connectivity index (χ4v) is 3.86. The molecule has 3 aromatic rings. The number of nitrogens with one attached hydrogen (secondary N) is 1. The van der Waals surface area contributed by atoms with E-state index in [0.29, 0.717) is 17.1 Å². The Morgan fingerprint density at radius 1 is 0.862 bits per heavy atom. The van der Waals surface area contributed by atoms with Crippen LogP contribution in [0.5, 0.6) is 11.5 Å². The fraction of sp³-hybridized carbons (Fsp3) is 0.130. The molecule has 2 heterocycles. The van der Waals surface area contributed by atoms with E-state index < -0.39 is 12.0 Å². The number of nitrogens with zero attached hydrogens (tertiary/aromatic N) is 2. The largest absolute Gasteiger partial charge is 0.457 e. The molecule has 2 aliphatic heterocycles. The third-order valence-corrected chi connectivity index (χ3v) is 5.25. The van der Waals surface area contributed by atoms with Gasteiger partial charge in [-0.3, -0.25) is 9.59 Å². The van der Waals surface area contributed by atoms with Crippen molar-refractivity contribution in [2.75, 3.05) is 6.54 Å². The molecule has 1 unspecified atom stereocenters. The van der Waals surface area contributed by atoms with Crippen LogP contribution in [0.2, 0.25) is 0 Å². The van der Waals surface area contributed by atoms with Crippen LogP contribution in [0.3, 0.4) is 0 Å². The number of para-hydroxylation sites is 2. The van der Waals surface area contributed by atoms with Crippen LogP contribution < -0.4 is 10.1 Å². The zero-order valence-electron chi connectivity index (χ0n) is 15.4. The molecule has 2 aliphatic rings. The van der Waals surface area contributed by atoms with Crippen LogP contribution >= 0.6 is 0 Å². The van der Waals surface area contributed by atoms with Crippen LogP contribution in [0.15, 0.2) is 83.0 Å². The summed E-state index contributed by atoms with van der Waals surface area (Å²) < 4.78 is 5.96. The lowest BCUT2D eigenvalue weighted by Crippen LogP contribution is -2.34. The minimum Gasteiger partial charge on any atom is -0.457 e. The predicted octanol–water partition coefficient (Wildman–Crippen LogP) is 4.39. The average molecular weight is 383 g/mol. The Morgan fingerprint density at radius 3 is 2.14 bits per heavy atom. The second-order valence-electron chi connectivity index (χ2n) is 6.98. The molecule has 142 valence electrons. The molecule has 0 radical (unpaired) electrons. The molecular weight excluding hydrogens is 366 g/mol. The van der Waals surface area contributed by atoms with E-state index in [9.17, 15) is 9.59 Å². The number of ether oxygens (including phenoxy) is 1. The van der Waals surface area contributed by atoms with Gasteiger partial charge in [0, 0.05) is 23.2 Å². The van der Waals surface area contributed by atoms with Crippen molar-refractivity contribution in [1.29, 1.82) is 0 Å². The summed E-state index contributed by atoms with van der Waals surface area (Å²) in [7, 11) is 0. The summed E-state index contributed by atoms with van der Waals surface area (Å²) in [5, 5.41) is 10.8. The molecular formula is C23H17N3O3. The standard InChI is InChI=1S/C23H17N3O3/c27-22-15-8-2-1-7-14(15)18(25-26-22)13-24-23(28)21-16-9-3-5-11-19(16)29-20-12-6-4-10-17(20)21/h1-12,18,21H,13H2,(H,24,28). The zero-order valence-corrected chi connectivity index (χ0v) is 15.4. The second kappa shape index (κ2) is 6.98. The quantitative estimate of drug-likeness (QED) is 0.728. The maximum absolute atomic E-state index is 13.2. The molecule has 0 aromatic heterocycles. The summed E-state index contributed by atoms with van der Waals surface area (Å²) in [6.07, 6.45) is 0. The molecule has 0 fully saturated rings. The van der Waals surface area contributed by atoms with Crippen LogP contribution in [0.25, 0.3) is 0 Å². The first kappa shape index (κ1) is 17.3. The van der Waals surface area contributed by atoms with Gasteiger partial charge in [-0.05, 0) is 23.8 Å². The van der Waals surface area contributed by atoms with E-state index in [1.807, 2.05) is 60.7 Å². The summed E-state index contributed by atoms with van der Waals surface area (Å²) in [4.78, 5) is 25.2. The minimum atomic E-state index is -0.478. The van der Waals surface area contributed by atoms with Gasteiger partial charge in [0.2, 0.25) is 5.91 Å². The van der Waals surface area contributed by atoms with Crippen LogP contribution in [0, 0.1) is 0 Å². The van der Waals surface area contributed by atoms with Gasteiger partial charge in [-0.15, -0.1) is 5.11 Å². The SMILES string of the molecule is O=C1N=NC(CNC(=O)C2c3ccccc3Oc3ccccc32)c2ccccc21. The lowest BCUT2D eigenvalue weighted by Gasteiger charge is -2.28. The van der Waals surface area contributed by atoms with E-state index in [4.69, 9.17) is 4.74 Å². The predicted molar refractivity (Wildman–Crippen MR) is 106 cm³/mol. The van der Waals surface area contributed by atoms with Crippen LogP contribution in [-0.4, -0.2) is 18.4 Å². The van der Waals surface area contributed by atoms with Crippen molar-refractivity contribution in [2.24, 2.45) is 10.2 Å². The fourth-order valence-electron chi connectivity index (χ4n) is 3.86. The molecule has 5 rings (SSSR count). The highest BCUT2D eigenvalue weighted by Crippen LogP contribution is 2.44. The Balaban J connectivity index is 1.42. The van der Waals surface area contributed by atoms with E-state index in [-0.39, 0.29) is 18.4 Å².